The van der Waals surface area contributed by atoms with E-state index in [0.29, 0.717) is 19.7 Å². The summed E-state index contributed by atoms with van der Waals surface area (Å²) in [7, 11) is 0. The number of hydrogen-bond donors (Lipinski definition) is 0. The minimum absolute atomic E-state index is 0.278. The molecule has 108 valence electrons. The number of carbonyl (C=O) groups excluding carboxylic acids is 1. The van der Waals surface area contributed by atoms with Crippen LogP contribution in [0.5, 0.6) is 0 Å². The molecule has 1 aromatic carbocycles. The first-order valence-corrected chi connectivity index (χ1v) is 7.61. The zero-order valence-electron chi connectivity index (χ0n) is 11.5. The van der Waals surface area contributed by atoms with Crippen molar-refractivity contribution in [3.63, 3.8) is 0 Å². The Morgan fingerprint density at radius 1 is 1.29 bits per heavy atom. The number of nitrogens with zero attached hydrogens (tertiary/aromatic N) is 2. The van der Waals surface area contributed by atoms with Crippen molar-refractivity contribution >= 4 is 22.0 Å². The van der Waals surface area contributed by atoms with Crippen molar-refractivity contribution in [2.24, 2.45) is 0 Å². The summed E-state index contributed by atoms with van der Waals surface area (Å²) in [5, 5.41) is 0. The van der Waals surface area contributed by atoms with E-state index in [9.17, 15) is 4.79 Å². The summed E-state index contributed by atoms with van der Waals surface area (Å²) in [6, 6.07) is 11.6. The average Bonchev–Trinajstić information content (AvgIpc) is 2.54. The number of aromatic nitrogens is 1. The molecular formula is C16H15BrN2O2. The summed E-state index contributed by atoms with van der Waals surface area (Å²) >= 11 is 3.52. The molecule has 0 bridgehead atoms. The fourth-order valence-electron chi connectivity index (χ4n) is 2.37. The number of amides is 1. The number of ether oxygens (including phenoxy) is 1. The molecule has 2 aromatic rings. The summed E-state index contributed by atoms with van der Waals surface area (Å²) in [6.45, 7) is 1.48. The number of carbonyl (C=O) groups is 1. The maximum atomic E-state index is 12.2. The van der Waals surface area contributed by atoms with Gasteiger partial charge in [0.1, 0.15) is 6.61 Å². The second-order valence-electron chi connectivity index (χ2n) is 4.93. The SMILES string of the molecule is O=C(OCc1ccccc1)N1CCc2nccc(Br)c2C1. The maximum Gasteiger partial charge on any atom is 0.410 e. The molecule has 0 N–H and O–H groups in total. The molecule has 5 heteroatoms. The van der Waals surface area contributed by atoms with E-state index in [1.165, 1.54) is 0 Å². The minimum Gasteiger partial charge on any atom is -0.445 e. The topological polar surface area (TPSA) is 42.4 Å². The molecule has 1 amide bonds. The first-order chi connectivity index (χ1) is 10.2. The van der Waals surface area contributed by atoms with Gasteiger partial charge in [0.2, 0.25) is 0 Å². The average molecular weight is 347 g/mol. The highest BCUT2D eigenvalue weighted by Gasteiger charge is 2.24. The van der Waals surface area contributed by atoms with Crippen LogP contribution in [0, 0.1) is 0 Å². The smallest absolute Gasteiger partial charge is 0.410 e. The van der Waals surface area contributed by atoms with Gasteiger partial charge in [0.25, 0.3) is 0 Å². The van der Waals surface area contributed by atoms with E-state index >= 15 is 0 Å². The Kier molecular flexibility index (Phi) is 4.20. The van der Waals surface area contributed by atoms with Crippen LogP contribution in [0.3, 0.4) is 0 Å². The Morgan fingerprint density at radius 2 is 2.10 bits per heavy atom. The second kappa shape index (κ2) is 6.26. The molecule has 0 radical (unpaired) electrons. The fourth-order valence-corrected chi connectivity index (χ4v) is 2.84. The maximum absolute atomic E-state index is 12.2. The molecule has 0 fully saturated rings. The van der Waals surface area contributed by atoms with E-state index in [1.54, 1.807) is 11.1 Å². The van der Waals surface area contributed by atoms with Gasteiger partial charge in [-0.2, -0.15) is 0 Å². The fraction of sp³-hybridized carbons (Fsp3) is 0.250. The van der Waals surface area contributed by atoms with Crippen LogP contribution in [0.25, 0.3) is 0 Å². The molecule has 0 saturated carbocycles. The molecule has 0 atom stereocenters. The van der Waals surface area contributed by atoms with Gasteiger partial charge in [0.05, 0.1) is 6.54 Å². The monoisotopic (exact) mass is 346 g/mol. The van der Waals surface area contributed by atoms with Crippen LogP contribution >= 0.6 is 15.9 Å². The summed E-state index contributed by atoms with van der Waals surface area (Å²) in [5.74, 6) is 0. The number of rotatable bonds is 2. The van der Waals surface area contributed by atoms with Gasteiger partial charge in [-0.3, -0.25) is 4.98 Å². The van der Waals surface area contributed by atoms with Crippen molar-refractivity contribution in [3.8, 4) is 0 Å². The van der Waals surface area contributed by atoms with Crippen LogP contribution in [0.15, 0.2) is 47.1 Å². The third-order valence-electron chi connectivity index (χ3n) is 3.52. The van der Waals surface area contributed by atoms with Crippen molar-refractivity contribution < 1.29 is 9.53 Å². The zero-order valence-corrected chi connectivity index (χ0v) is 13.0. The first kappa shape index (κ1) is 14.1. The van der Waals surface area contributed by atoms with Crippen molar-refractivity contribution in [2.45, 2.75) is 19.6 Å². The van der Waals surface area contributed by atoms with Gasteiger partial charge in [-0.05, 0) is 11.6 Å². The van der Waals surface area contributed by atoms with Gasteiger partial charge in [-0.15, -0.1) is 0 Å². The van der Waals surface area contributed by atoms with Crippen molar-refractivity contribution in [3.05, 3.63) is 63.9 Å². The van der Waals surface area contributed by atoms with Crippen LogP contribution < -0.4 is 0 Å². The number of halogens is 1. The van der Waals surface area contributed by atoms with Gasteiger partial charge in [-0.25, -0.2) is 4.79 Å². The van der Waals surface area contributed by atoms with Crippen LogP contribution in [0.2, 0.25) is 0 Å². The third kappa shape index (κ3) is 3.24. The lowest BCUT2D eigenvalue weighted by Crippen LogP contribution is -2.36. The largest absolute Gasteiger partial charge is 0.445 e. The van der Waals surface area contributed by atoms with Crippen LogP contribution in [0.4, 0.5) is 4.79 Å². The molecule has 1 aliphatic rings. The number of benzene rings is 1. The summed E-state index contributed by atoms with van der Waals surface area (Å²) in [4.78, 5) is 18.2. The van der Waals surface area contributed by atoms with E-state index in [-0.39, 0.29) is 6.09 Å². The number of fused-ring (bicyclic) bond motifs is 1. The summed E-state index contributed by atoms with van der Waals surface area (Å²) < 4.78 is 6.37. The van der Waals surface area contributed by atoms with E-state index in [1.807, 2.05) is 36.4 Å². The van der Waals surface area contributed by atoms with Gasteiger partial charge >= 0.3 is 6.09 Å². The van der Waals surface area contributed by atoms with E-state index < -0.39 is 0 Å². The van der Waals surface area contributed by atoms with Gasteiger partial charge in [-0.1, -0.05) is 46.3 Å². The molecule has 0 aliphatic carbocycles. The Hall–Kier alpha value is -1.88. The Labute approximate surface area is 131 Å². The highest BCUT2D eigenvalue weighted by molar-refractivity contribution is 9.10. The van der Waals surface area contributed by atoms with Crippen molar-refractivity contribution in [1.82, 2.24) is 9.88 Å². The highest BCUT2D eigenvalue weighted by Crippen LogP contribution is 2.25. The standard InChI is InChI=1S/C16H15BrN2O2/c17-14-6-8-18-15-7-9-19(10-13(14)15)16(20)21-11-12-4-2-1-3-5-12/h1-6,8H,7,9-11H2. The molecule has 21 heavy (non-hydrogen) atoms. The zero-order chi connectivity index (χ0) is 14.7. The Balaban J connectivity index is 1.63. The molecule has 1 aliphatic heterocycles. The second-order valence-corrected chi connectivity index (χ2v) is 5.78. The van der Waals surface area contributed by atoms with E-state index in [4.69, 9.17) is 4.74 Å². The molecular weight excluding hydrogens is 332 g/mol. The predicted molar refractivity (Wildman–Crippen MR) is 82.7 cm³/mol. The third-order valence-corrected chi connectivity index (χ3v) is 4.26. The number of pyridine rings is 1. The van der Waals surface area contributed by atoms with Crippen LogP contribution in [-0.4, -0.2) is 22.5 Å². The van der Waals surface area contributed by atoms with Gasteiger partial charge in [0.15, 0.2) is 0 Å². The van der Waals surface area contributed by atoms with Crippen molar-refractivity contribution in [1.29, 1.82) is 0 Å². The van der Waals surface area contributed by atoms with Crippen LogP contribution in [0.1, 0.15) is 16.8 Å². The van der Waals surface area contributed by atoms with Crippen LogP contribution in [-0.2, 0) is 24.3 Å². The van der Waals surface area contributed by atoms with Gasteiger partial charge < -0.3 is 9.64 Å². The lowest BCUT2D eigenvalue weighted by atomic mass is 10.1. The Bertz CT molecular complexity index is 646. The summed E-state index contributed by atoms with van der Waals surface area (Å²) in [6.07, 6.45) is 2.27. The summed E-state index contributed by atoms with van der Waals surface area (Å²) in [5.41, 5.74) is 3.11. The normalized spacial score (nSPS) is 13.7. The minimum atomic E-state index is -0.278. The molecule has 3 rings (SSSR count). The van der Waals surface area contributed by atoms with Gasteiger partial charge in [0, 0.05) is 34.9 Å². The first-order valence-electron chi connectivity index (χ1n) is 6.82. The molecule has 1 aromatic heterocycles. The Morgan fingerprint density at radius 3 is 2.90 bits per heavy atom. The van der Waals surface area contributed by atoms with E-state index in [2.05, 4.69) is 20.9 Å². The molecule has 4 nitrogen and oxygen atoms in total. The lowest BCUT2D eigenvalue weighted by Gasteiger charge is -2.28. The predicted octanol–water partition coefficient (Wildman–Crippen LogP) is 3.54. The van der Waals surface area contributed by atoms with Crippen molar-refractivity contribution in [2.75, 3.05) is 6.54 Å². The van der Waals surface area contributed by atoms with E-state index in [0.717, 1.165) is 27.7 Å². The quantitative estimate of drug-likeness (QED) is 0.835. The molecule has 0 saturated heterocycles. The molecule has 2 heterocycles. The molecule has 0 unspecified atom stereocenters. The molecule has 0 spiro atoms. The number of hydrogen-bond acceptors (Lipinski definition) is 3. The highest BCUT2D eigenvalue weighted by atomic mass is 79.9. The lowest BCUT2D eigenvalue weighted by molar-refractivity contribution is 0.0915.